The molecule has 1 N–H and O–H groups in total. The quantitative estimate of drug-likeness (QED) is 0.670. The first-order chi connectivity index (χ1) is 9.60. The van der Waals surface area contributed by atoms with E-state index in [-0.39, 0.29) is 18.4 Å². The average Bonchev–Trinajstić information content (AvgIpc) is 2.83. The topological polar surface area (TPSA) is 75.7 Å². The number of nitrogens with zero attached hydrogens (tertiary/aromatic N) is 1. The number of unbranched alkanes of at least 4 members (excludes halogenated alkanes) is 1. The summed E-state index contributed by atoms with van der Waals surface area (Å²) in [5.41, 5.74) is 0. The van der Waals surface area contributed by atoms with E-state index in [2.05, 4.69) is 5.32 Å². The van der Waals surface area contributed by atoms with E-state index in [1.165, 1.54) is 0 Å². The van der Waals surface area contributed by atoms with Crippen LogP contribution in [0.4, 0.5) is 0 Å². The van der Waals surface area contributed by atoms with Crippen molar-refractivity contribution in [2.45, 2.75) is 52.0 Å². The molecule has 1 heterocycles. The number of esters is 1. The van der Waals surface area contributed by atoms with Gasteiger partial charge in [0.1, 0.15) is 12.6 Å². The van der Waals surface area contributed by atoms with Crippen LogP contribution in [0.2, 0.25) is 0 Å². The number of amides is 2. The van der Waals surface area contributed by atoms with E-state index in [4.69, 9.17) is 4.74 Å². The first kappa shape index (κ1) is 16.5. The van der Waals surface area contributed by atoms with Crippen LogP contribution in [0.1, 0.15) is 46.0 Å². The predicted molar refractivity (Wildman–Crippen MR) is 73.9 cm³/mol. The van der Waals surface area contributed by atoms with Crippen molar-refractivity contribution in [3.05, 3.63) is 0 Å². The van der Waals surface area contributed by atoms with Crippen molar-refractivity contribution < 1.29 is 19.1 Å². The number of carbonyl (C=O) groups excluding carboxylic acids is 3. The molecule has 0 spiro atoms. The highest BCUT2D eigenvalue weighted by Gasteiger charge is 2.32. The minimum atomic E-state index is -0.459. The standard InChI is InChI=1S/C14H24N2O4/c1-3-5-7-11(16-9-6-8-12(16)17)14(19)15-10-13(18)20-4-2/h11H,3-10H2,1-2H3,(H,15,19). The van der Waals surface area contributed by atoms with Crippen LogP contribution < -0.4 is 5.32 Å². The minimum Gasteiger partial charge on any atom is -0.465 e. The Morgan fingerprint density at radius 3 is 2.70 bits per heavy atom. The Bertz CT molecular complexity index is 357. The van der Waals surface area contributed by atoms with Crippen LogP contribution in [0, 0.1) is 0 Å². The second-order valence-electron chi connectivity index (χ2n) is 4.87. The number of carbonyl (C=O) groups is 3. The monoisotopic (exact) mass is 284 g/mol. The molecule has 2 amide bonds. The van der Waals surface area contributed by atoms with E-state index in [0.29, 0.717) is 26.0 Å². The molecule has 20 heavy (non-hydrogen) atoms. The van der Waals surface area contributed by atoms with Gasteiger partial charge in [0, 0.05) is 13.0 Å². The summed E-state index contributed by atoms with van der Waals surface area (Å²) in [7, 11) is 0. The molecule has 1 fully saturated rings. The predicted octanol–water partition coefficient (Wildman–Crippen LogP) is 0.847. The maximum atomic E-state index is 12.2. The zero-order valence-corrected chi connectivity index (χ0v) is 12.3. The summed E-state index contributed by atoms with van der Waals surface area (Å²) in [4.78, 5) is 36.8. The Balaban J connectivity index is 2.55. The van der Waals surface area contributed by atoms with Crippen molar-refractivity contribution in [3.63, 3.8) is 0 Å². The molecule has 1 atom stereocenters. The molecule has 0 saturated carbocycles. The third-order valence-electron chi connectivity index (χ3n) is 3.33. The molecule has 0 aliphatic carbocycles. The summed E-state index contributed by atoms with van der Waals surface area (Å²) in [5, 5.41) is 2.57. The van der Waals surface area contributed by atoms with Gasteiger partial charge in [-0.25, -0.2) is 0 Å². The number of rotatable bonds is 8. The Kier molecular flexibility index (Phi) is 7.04. The Morgan fingerprint density at radius 2 is 2.15 bits per heavy atom. The van der Waals surface area contributed by atoms with Crippen LogP contribution >= 0.6 is 0 Å². The molecule has 0 aromatic carbocycles. The van der Waals surface area contributed by atoms with Crippen LogP contribution in [-0.2, 0) is 19.1 Å². The van der Waals surface area contributed by atoms with Crippen LogP contribution in [0.5, 0.6) is 0 Å². The molecular weight excluding hydrogens is 260 g/mol. The molecule has 114 valence electrons. The van der Waals surface area contributed by atoms with E-state index in [0.717, 1.165) is 19.3 Å². The molecule has 0 bridgehead atoms. The SMILES string of the molecule is CCCCC(C(=O)NCC(=O)OCC)N1CCCC1=O. The Labute approximate surface area is 119 Å². The first-order valence-corrected chi connectivity index (χ1v) is 7.33. The molecule has 1 saturated heterocycles. The number of nitrogens with one attached hydrogen (secondary N) is 1. The van der Waals surface area contributed by atoms with Gasteiger partial charge in [0.15, 0.2) is 0 Å². The molecular formula is C14H24N2O4. The molecule has 0 aromatic rings. The lowest BCUT2D eigenvalue weighted by molar-refractivity contribution is -0.144. The normalized spacial score (nSPS) is 16.1. The molecule has 0 radical (unpaired) electrons. The lowest BCUT2D eigenvalue weighted by Gasteiger charge is -2.26. The molecule has 0 aromatic heterocycles. The number of ether oxygens (including phenoxy) is 1. The van der Waals surface area contributed by atoms with Crippen molar-refractivity contribution in [2.24, 2.45) is 0 Å². The fourth-order valence-electron chi connectivity index (χ4n) is 2.31. The Morgan fingerprint density at radius 1 is 1.40 bits per heavy atom. The van der Waals surface area contributed by atoms with Crippen molar-refractivity contribution >= 4 is 17.8 Å². The van der Waals surface area contributed by atoms with E-state index in [9.17, 15) is 14.4 Å². The third kappa shape index (κ3) is 4.83. The van der Waals surface area contributed by atoms with Gasteiger partial charge in [-0.2, -0.15) is 0 Å². The fourth-order valence-corrected chi connectivity index (χ4v) is 2.31. The van der Waals surface area contributed by atoms with Gasteiger partial charge < -0.3 is 15.0 Å². The minimum absolute atomic E-state index is 0.0254. The van der Waals surface area contributed by atoms with Crippen molar-refractivity contribution in [3.8, 4) is 0 Å². The van der Waals surface area contributed by atoms with Crippen LogP contribution in [0.25, 0.3) is 0 Å². The first-order valence-electron chi connectivity index (χ1n) is 7.33. The lowest BCUT2D eigenvalue weighted by Crippen LogP contribution is -2.48. The van der Waals surface area contributed by atoms with E-state index < -0.39 is 12.0 Å². The third-order valence-corrected chi connectivity index (χ3v) is 3.33. The molecule has 1 aliphatic heterocycles. The Hall–Kier alpha value is -1.59. The van der Waals surface area contributed by atoms with Gasteiger partial charge in [0.2, 0.25) is 11.8 Å². The van der Waals surface area contributed by atoms with Gasteiger partial charge in [0.05, 0.1) is 6.61 Å². The van der Waals surface area contributed by atoms with Gasteiger partial charge in [-0.15, -0.1) is 0 Å². The summed E-state index contributed by atoms with van der Waals surface area (Å²) < 4.78 is 4.77. The largest absolute Gasteiger partial charge is 0.465 e. The van der Waals surface area contributed by atoms with Gasteiger partial charge in [-0.1, -0.05) is 19.8 Å². The maximum absolute atomic E-state index is 12.2. The summed E-state index contributed by atoms with van der Waals surface area (Å²) in [6, 6.07) is -0.459. The van der Waals surface area contributed by atoms with Crippen LogP contribution in [-0.4, -0.2) is 48.4 Å². The van der Waals surface area contributed by atoms with Gasteiger partial charge in [-0.05, 0) is 19.8 Å². The van der Waals surface area contributed by atoms with Gasteiger partial charge in [0.25, 0.3) is 0 Å². The summed E-state index contributed by atoms with van der Waals surface area (Å²) >= 11 is 0. The van der Waals surface area contributed by atoms with Crippen LogP contribution in [0.3, 0.4) is 0 Å². The highest BCUT2D eigenvalue weighted by Crippen LogP contribution is 2.17. The van der Waals surface area contributed by atoms with Crippen LogP contribution in [0.15, 0.2) is 0 Å². The molecule has 1 rings (SSSR count). The highest BCUT2D eigenvalue weighted by atomic mass is 16.5. The second kappa shape index (κ2) is 8.55. The molecule has 1 aliphatic rings. The highest BCUT2D eigenvalue weighted by molar-refractivity contribution is 5.90. The van der Waals surface area contributed by atoms with Gasteiger partial charge in [-0.3, -0.25) is 14.4 Å². The van der Waals surface area contributed by atoms with Crippen molar-refractivity contribution in [1.29, 1.82) is 0 Å². The summed E-state index contributed by atoms with van der Waals surface area (Å²) in [6.45, 7) is 4.53. The summed E-state index contributed by atoms with van der Waals surface area (Å²) in [5.74, 6) is -0.693. The zero-order valence-electron chi connectivity index (χ0n) is 12.3. The summed E-state index contributed by atoms with van der Waals surface area (Å²) in [6.07, 6.45) is 3.78. The smallest absolute Gasteiger partial charge is 0.325 e. The average molecular weight is 284 g/mol. The fraction of sp³-hybridized carbons (Fsp3) is 0.786. The van der Waals surface area contributed by atoms with E-state index in [1.54, 1.807) is 11.8 Å². The van der Waals surface area contributed by atoms with Crippen molar-refractivity contribution in [2.75, 3.05) is 19.7 Å². The van der Waals surface area contributed by atoms with Crippen molar-refractivity contribution in [1.82, 2.24) is 10.2 Å². The molecule has 6 heteroatoms. The van der Waals surface area contributed by atoms with E-state index in [1.807, 2.05) is 6.92 Å². The number of hydrogen-bond donors (Lipinski definition) is 1. The zero-order chi connectivity index (χ0) is 15.0. The maximum Gasteiger partial charge on any atom is 0.325 e. The number of likely N-dealkylation sites (tertiary alicyclic amines) is 1. The lowest BCUT2D eigenvalue weighted by atomic mass is 10.1. The van der Waals surface area contributed by atoms with E-state index >= 15 is 0 Å². The molecule has 1 unspecified atom stereocenters. The molecule has 6 nitrogen and oxygen atoms in total. The second-order valence-corrected chi connectivity index (χ2v) is 4.87. The van der Waals surface area contributed by atoms with Gasteiger partial charge >= 0.3 is 5.97 Å². The number of hydrogen-bond acceptors (Lipinski definition) is 4.